The second-order valence-electron chi connectivity index (χ2n) is 24.3. The molecule has 87 heavy (non-hydrogen) atoms. The number of amides is 1. The second kappa shape index (κ2) is 56.9. The topological polar surface area (TPSA) is 228 Å². The summed E-state index contributed by atoms with van der Waals surface area (Å²) < 4.78 is 22.8. The Hall–Kier alpha value is -3.09. The Morgan fingerprint density at radius 2 is 0.805 bits per heavy atom. The Morgan fingerprint density at radius 1 is 0.425 bits per heavy atom. The normalized spacial score (nSPS) is 23.9. The van der Waals surface area contributed by atoms with Gasteiger partial charge in [0.1, 0.15) is 48.8 Å². The fourth-order valence-corrected chi connectivity index (χ4v) is 11.0. The average molecular weight is 1230 g/mol. The van der Waals surface area contributed by atoms with Crippen molar-refractivity contribution in [2.75, 3.05) is 19.8 Å². The number of carbonyl (C=O) groups is 1. The Labute approximate surface area is 528 Å². The highest BCUT2D eigenvalue weighted by molar-refractivity contribution is 5.76. The zero-order valence-electron chi connectivity index (χ0n) is 54.5. The summed E-state index contributed by atoms with van der Waals surface area (Å²) in [6, 6.07) is -0.936. The maximum absolute atomic E-state index is 13.3. The van der Waals surface area contributed by atoms with Gasteiger partial charge in [-0.15, -0.1) is 0 Å². The van der Waals surface area contributed by atoms with Crippen molar-refractivity contribution < 1.29 is 64.6 Å². The fraction of sp³-hybridized carbons (Fsp3) is 0.767. The zero-order valence-corrected chi connectivity index (χ0v) is 54.5. The molecule has 2 heterocycles. The first kappa shape index (κ1) is 80.0. The standard InChI is InChI=1S/C73H127NO13/c1-3-5-7-9-11-13-15-17-19-21-23-24-25-26-27-28-29-30-31-32-33-34-35-36-37-38-39-41-43-45-47-49-51-53-55-57-65(78)74-61(62(77)56-54-52-50-48-46-44-42-40-22-20-18-16-14-12-10-8-6-4-2)60-84-72-70(83)68(81)71(64(59-76)86-72)87-73-69(82)67(80)66(79)63(58-75)85-73/h5,7,11,13,17,19,23-24,26-27,29-30,46,48,54,56,61-64,66-73,75-77,79-83H,3-4,6,8-10,12,14-16,18,20-22,25,28,31-45,47,49-53,55,57-60H2,1-2H3,(H,74,78)/b7-5-,13-11-,19-17-,24-23-,27-26-,30-29-,48-46+,56-54+. The molecular weight excluding hydrogens is 1100 g/mol. The summed E-state index contributed by atoms with van der Waals surface area (Å²) >= 11 is 0. The van der Waals surface area contributed by atoms with Crippen LogP contribution < -0.4 is 5.32 Å². The number of rotatable bonds is 56. The van der Waals surface area contributed by atoms with Crippen molar-refractivity contribution >= 4 is 5.91 Å². The maximum atomic E-state index is 13.3. The molecule has 14 heteroatoms. The van der Waals surface area contributed by atoms with E-state index in [4.69, 9.17) is 18.9 Å². The van der Waals surface area contributed by atoms with Crippen LogP contribution in [0.3, 0.4) is 0 Å². The molecule has 9 N–H and O–H groups in total. The summed E-state index contributed by atoms with van der Waals surface area (Å²) in [5.41, 5.74) is 0. The van der Waals surface area contributed by atoms with Crippen LogP contribution in [0, 0.1) is 0 Å². The van der Waals surface area contributed by atoms with Crippen LogP contribution in [-0.4, -0.2) is 140 Å². The molecule has 2 rings (SSSR count). The van der Waals surface area contributed by atoms with Gasteiger partial charge in [0.25, 0.3) is 0 Å². The first-order valence-electron chi connectivity index (χ1n) is 35.0. The van der Waals surface area contributed by atoms with E-state index in [0.717, 1.165) is 70.6 Å². The van der Waals surface area contributed by atoms with Gasteiger partial charge < -0.3 is 65.1 Å². The van der Waals surface area contributed by atoms with E-state index in [-0.39, 0.29) is 18.9 Å². The number of hydrogen-bond donors (Lipinski definition) is 9. The smallest absolute Gasteiger partial charge is 0.220 e. The SMILES string of the molecule is CC/C=C\C/C=C\C/C=C\C/C=C\C/C=C\C/C=C\CCCCCCCCCCCCCCCCCCC(=O)NC(COC1OC(CO)C(OC2OC(CO)C(O)C(O)C2O)C(O)C1O)C(O)/C=C/CC/C=C/CCCCCCCCCCCCCC. The van der Waals surface area contributed by atoms with Crippen LogP contribution >= 0.6 is 0 Å². The summed E-state index contributed by atoms with van der Waals surface area (Å²) in [6.45, 7) is 2.68. The number of carbonyl (C=O) groups excluding carboxylic acids is 1. The van der Waals surface area contributed by atoms with Crippen molar-refractivity contribution in [1.82, 2.24) is 5.32 Å². The minimum atomic E-state index is -1.79. The first-order valence-corrected chi connectivity index (χ1v) is 35.0. The Balaban J connectivity index is 1.65. The second-order valence-corrected chi connectivity index (χ2v) is 24.3. The monoisotopic (exact) mass is 1230 g/mol. The molecule has 2 saturated heterocycles. The number of nitrogens with one attached hydrogen (secondary N) is 1. The molecule has 502 valence electrons. The summed E-state index contributed by atoms with van der Waals surface area (Å²) in [4.78, 5) is 13.3. The highest BCUT2D eigenvalue weighted by Gasteiger charge is 2.51. The molecule has 0 aromatic heterocycles. The molecule has 0 aromatic rings. The molecule has 0 aliphatic carbocycles. The van der Waals surface area contributed by atoms with Gasteiger partial charge in [-0.1, -0.05) is 272 Å². The molecular formula is C73H127NO13. The number of ether oxygens (including phenoxy) is 4. The molecule has 2 aliphatic heterocycles. The lowest BCUT2D eigenvalue weighted by Crippen LogP contribution is -2.65. The summed E-state index contributed by atoms with van der Waals surface area (Å²) in [6.07, 6.45) is 63.2. The highest BCUT2D eigenvalue weighted by Crippen LogP contribution is 2.30. The number of allylic oxidation sites excluding steroid dienone is 15. The van der Waals surface area contributed by atoms with E-state index in [1.54, 1.807) is 6.08 Å². The van der Waals surface area contributed by atoms with Crippen molar-refractivity contribution in [3.05, 3.63) is 97.2 Å². The zero-order chi connectivity index (χ0) is 63.1. The molecule has 2 aliphatic rings. The van der Waals surface area contributed by atoms with Crippen LogP contribution in [0.2, 0.25) is 0 Å². The van der Waals surface area contributed by atoms with E-state index in [1.807, 2.05) is 6.08 Å². The minimum Gasteiger partial charge on any atom is -0.394 e. The lowest BCUT2D eigenvalue weighted by Gasteiger charge is -2.46. The third kappa shape index (κ3) is 41.1. The predicted molar refractivity (Wildman–Crippen MR) is 355 cm³/mol. The molecule has 12 unspecified atom stereocenters. The van der Waals surface area contributed by atoms with Gasteiger partial charge in [-0.2, -0.15) is 0 Å². The van der Waals surface area contributed by atoms with E-state index in [9.17, 15) is 45.6 Å². The molecule has 0 saturated carbocycles. The molecule has 0 aromatic carbocycles. The summed E-state index contributed by atoms with van der Waals surface area (Å²) in [7, 11) is 0. The van der Waals surface area contributed by atoms with Crippen molar-refractivity contribution in [2.45, 2.75) is 338 Å². The van der Waals surface area contributed by atoms with E-state index in [1.165, 1.54) is 161 Å². The van der Waals surface area contributed by atoms with E-state index in [0.29, 0.717) is 12.8 Å². The number of unbranched alkanes of at least 4 members (excludes halogenated alkanes) is 29. The van der Waals surface area contributed by atoms with Gasteiger partial charge in [-0.25, -0.2) is 0 Å². The number of aliphatic hydroxyl groups is 8. The van der Waals surface area contributed by atoms with Crippen molar-refractivity contribution in [3.63, 3.8) is 0 Å². The van der Waals surface area contributed by atoms with Gasteiger partial charge in [0.05, 0.1) is 32.0 Å². The molecule has 0 spiro atoms. The Morgan fingerprint density at radius 3 is 1.26 bits per heavy atom. The van der Waals surface area contributed by atoms with Gasteiger partial charge in [0, 0.05) is 6.42 Å². The maximum Gasteiger partial charge on any atom is 0.220 e. The Bertz CT molecular complexity index is 1830. The van der Waals surface area contributed by atoms with Crippen LogP contribution in [0.15, 0.2) is 97.2 Å². The minimum absolute atomic E-state index is 0.250. The molecule has 1 amide bonds. The quantitative estimate of drug-likeness (QED) is 0.0204. The van der Waals surface area contributed by atoms with Gasteiger partial charge in [-0.3, -0.25) is 4.79 Å². The van der Waals surface area contributed by atoms with Gasteiger partial charge in [0.15, 0.2) is 12.6 Å². The summed E-state index contributed by atoms with van der Waals surface area (Å²) in [5, 5.41) is 87.3. The van der Waals surface area contributed by atoms with Gasteiger partial charge in [-0.05, 0) is 83.5 Å². The summed E-state index contributed by atoms with van der Waals surface area (Å²) in [5.74, 6) is -0.250. The average Bonchev–Trinajstić information content (AvgIpc) is 3.71. The Kier molecular flexibility index (Phi) is 52.3. The van der Waals surface area contributed by atoms with Crippen molar-refractivity contribution in [1.29, 1.82) is 0 Å². The molecule has 0 bridgehead atoms. The fourth-order valence-electron chi connectivity index (χ4n) is 11.0. The third-order valence-corrected chi connectivity index (χ3v) is 16.5. The van der Waals surface area contributed by atoms with Crippen LogP contribution in [0.25, 0.3) is 0 Å². The molecule has 14 nitrogen and oxygen atoms in total. The van der Waals surface area contributed by atoms with E-state index >= 15 is 0 Å². The number of aliphatic hydroxyl groups excluding tert-OH is 8. The number of hydrogen-bond acceptors (Lipinski definition) is 13. The van der Waals surface area contributed by atoms with Gasteiger partial charge >= 0.3 is 0 Å². The lowest BCUT2D eigenvalue weighted by molar-refractivity contribution is -0.359. The van der Waals surface area contributed by atoms with Crippen LogP contribution in [0.4, 0.5) is 0 Å². The first-order chi connectivity index (χ1) is 42.6. The van der Waals surface area contributed by atoms with Crippen molar-refractivity contribution in [3.8, 4) is 0 Å². The van der Waals surface area contributed by atoms with Crippen molar-refractivity contribution in [2.24, 2.45) is 0 Å². The van der Waals surface area contributed by atoms with E-state index in [2.05, 4.69) is 104 Å². The predicted octanol–water partition coefficient (Wildman–Crippen LogP) is 14.2. The van der Waals surface area contributed by atoms with Gasteiger partial charge in [0.2, 0.25) is 5.91 Å². The van der Waals surface area contributed by atoms with Crippen LogP contribution in [0.1, 0.15) is 264 Å². The highest BCUT2D eigenvalue weighted by atomic mass is 16.7. The third-order valence-electron chi connectivity index (χ3n) is 16.5. The molecule has 12 atom stereocenters. The lowest BCUT2D eigenvalue weighted by atomic mass is 9.97. The largest absolute Gasteiger partial charge is 0.394 e. The molecule has 2 fully saturated rings. The van der Waals surface area contributed by atoms with Crippen LogP contribution in [0.5, 0.6) is 0 Å². The van der Waals surface area contributed by atoms with E-state index < -0.39 is 86.8 Å². The molecule has 0 radical (unpaired) electrons. The van der Waals surface area contributed by atoms with Crippen LogP contribution in [-0.2, 0) is 23.7 Å².